The highest BCUT2D eigenvalue weighted by Crippen LogP contribution is 2.21. The summed E-state index contributed by atoms with van der Waals surface area (Å²) in [4.78, 5) is 11.1. The van der Waals surface area contributed by atoms with E-state index in [1.165, 1.54) is 19.2 Å². The highest BCUT2D eigenvalue weighted by molar-refractivity contribution is 6.28. The molecule has 0 spiro atoms. The van der Waals surface area contributed by atoms with Gasteiger partial charge in [-0.15, -0.1) is 0 Å². The van der Waals surface area contributed by atoms with E-state index in [1.807, 2.05) is 0 Å². The van der Waals surface area contributed by atoms with Crippen molar-refractivity contribution in [3.05, 3.63) is 35.1 Å². The van der Waals surface area contributed by atoms with Gasteiger partial charge in [0.2, 0.25) is 11.2 Å². The molecule has 0 atom stereocenters. The molecule has 1 N–H and O–H groups in total. The molecule has 18 heavy (non-hydrogen) atoms. The third-order valence-corrected chi connectivity index (χ3v) is 2.14. The number of anilines is 2. The van der Waals surface area contributed by atoms with Gasteiger partial charge < -0.3 is 10.1 Å². The smallest absolute Gasteiger partial charge is 0.322 e. The summed E-state index contributed by atoms with van der Waals surface area (Å²) >= 11 is 5.62. The quantitative estimate of drug-likeness (QED) is 0.930. The van der Waals surface area contributed by atoms with E-state index in [-0.39, 0.29) is 22.9 Å². The first kappa shape index (κ1) is 12.4. The first-order valence-corrected chi connectivity index (χ1v) is 5.14. The summed E-state index contributed by atoms with van der Waals surface area (Å²) in [6.07, 6.45) is 0. The molecular formula is C10H7ClF2N4O. The molecule has 2 aromatic rings. The summed E-state index contributed by atoms with van der Waals surface area (Å²) in [6.45, 7) is 0. The molecule has 94 valence electrons. The van der Waals surface area contributed by atoms with Crippen LogP contribution in [0, 0.1) is 11.6 Å². The molecule has 0 bridgehead atoms. The summed E-state index contributed by atoms with van der Waals surface area (Å²) in [7, 11) is 1.35. The van der Waals surface area contributed by atoms with Crippen LogP contribution in [-0.2, 0) is 0 Å². The van der Waals surface area contributed by atoms with Gasteiger partial charge in [0.25, 0.3) is 0 Å². The predicted molar refractivity (Wildman–Crippen MR) is 61.0 cm³/mol. The maximum Gasteiger partial charge on any atom is 0.322 e. The van der Waals surface area contributed by atoms with E-state index >= 15 is 0 Å². The molecule has 8 heteroatoms. The number of nitrogens with zero attached hydrogens (tertiary/aromatic N) is 3. The number of hydrogen-bond donors (Lipinski definition) is 1. The molecule has 0 aliphatic heterocycles. The number of hydrogen-bond acceptors (Lipinski definition) is 5. The van der Waals surface area contributed by atoms with Gasteiger partial charge in [-0.25, -0.2) is 8.78 Å². The van der Waals surface area contributed by atoms with E-state index < -0.39 is 11.6 Å². The van der Waals surface area contributed by atoms with Gasteiger partial charge in [0.1, 0.15) is 0 Å². The van der Waals surface area contributed by atoms with Crippen molar-refractivity contribution in [3.8, 4) is 6.01 Å². The van der Waals surface area contributed by atoms with Crippen LogP contribution >= 0.6 is 11.6 Å². The van der Waals surface area contributed by atoms with Gasteiger partial charge in [0, 0.05) is 0 Å². The predicted octanol–water partition coefficient (Wildman–Crippen LogP) is 2.56. The van der Waals surface area contributed by atoms with Crippen molar-refractivity contribution in [3.63, 3.8) is 0 Å². The highest BCUT2D eigenvalue weighted by Gasteiger charge is 2.10. The Morgan fingerprint density at radius 2 is 2.00 bits per heavy atom. The third-order valence-electron chi connectivity index (χ3n) is 1.97. The molecule has 1 aromatic carbocycles. The lowest BCUT2D eigenvalue weighted by Gasteiger charge is -2.07. The average Bonchev–Trinajstić information content (AvgIpc) is 2.34. The standard InChI is InChI=1S/C10H7ClF2N4O/c1-18-10-16-8(11)15-9(17-10)14-6-4-2-3-5(12)7(6)13/h2-4H,1H3,(H,14,15,16,17). The van der Waals surface area contributed by atoms with Gasteiger partial charge in [-0.2, -0.15) is 15.0 Å². The van der Waals surface area contributed by atoms with Gasteiger partial charge in [0.15, 0.2) is 11.6 Å². The SMILES string of the molecule is COc1nc(Cl)nc(Nc2cccc(F)c2F)n1. The molecule has 0 aliphatic carbocycles. The van der Waals surface area contributed by atoms with Gasteiger partial charge in [-0.05, 0) is 23.7 Å². The fourth-order valence-electron chi connectivity index (χ4n) is 1.20. The summed E-state index contributed by atoms with van der Waals surface area (Å²) in [5.74, 6) is -2.06. The lowest BCUT2D eigenvalue weighted by atomic mass is 10.3. The van der Waals surface area contributed by atoms with Crippen LogP contribution in [0.2, 0.25) is 5.28 Å². The highest BCUT2D eigenvalue weighted by atomic mass is 35.5. The van der Waals surface area contributed by atoms with E-state index in [0.717, 1.165) is 6.07 Å². The normalized spacial score (nSPS) is 10.2. The van der Waals surface area contributed by atoms with Crippen LogP contribution < -0.4 is 10.1 Å². The zero-order valence-electron chi connectivity index (χ0n) is 9.12. The van der Waals surface area contributed by atoms with E-state index in [9.17, 15) is 8.78 Å². The molecule has 0 amide bonds. The fourth-order valence-corrected chi connectivity index (χ4v) is 1.35. The Morgan fingerprint density at radius 1 is 1.22 bits per heavy atom. The van der Waals surface area contributed by atoms with E-state index in [2.05, 4.69) is 20.3 Å². The summed E-state index contributed by atoms with van der Waals surface area (Å²) in [5.41, 5.74) is -0.112. The Hall–Kier alpha value is -2.02. The molecule has 0 fully saturated rings. The molecule has 0 saturated carbocycles. The second kappa shape index (κ2) is 5.09. The van der Waals surface area contributed by atoms with Gasteiger partial charge in [0.05, 0.1) is 12.8 Å². The van der Waals surface area contributed by atoms with Crippen molar-refractivity contribution in [2.75, 3.05) is 12.4 Å². The number of ether oxygens (including phenoxy) is 1. The van der Waals surface area contributed by atoms with Crippen LogP contribution in [0.25, 0.3) is 0 Å². The Bertz CT molecular complexity index is 582. The lowest BCUT2D eigenvalue weighted by Crippen LogP contribution is -2.03. The Labute approximate surface area is 106 Å². The maximum atomic E-state index is 13.4. The summed E-state index contributed by atoms with van der Waals surface area (Å²) < 4.78 is 31.2. The minimum Gasteiger partial charge on any atom is -0.467 e. The van der Waals surface area contributed by atoms with Crippen molar-refractivity contribution in [1.82, 2.24) is 15.0 Å². The third kappa shape index (κ3) is 2.62. The van der Waals surface area contributed by atoms with Crippen molar-refractivity contribution < 1.29 is 13.5 Å². The second-order valence-corrected chi connectivity index (χ2v) is 3.48. The number of halogens is 3. The maximum absolute atomic E-state index is 13.4. The number of aromatic nitrogens is 3. The largest absolute Gasteiger partial charge is 0.467 e. The van der Waals surface area contributed by atoms with Crippen LogP contribution in [0.5, 0.6) is 6.01 Å². The monoisotopic (exact) mass is 272 g/mol. The Balaban J connectivity index is 2.34. The number of rotatable bonds is 3. The van der Waals surface area contributed by atoms with Crippen LogP contribution in [0.4, 0.5) is 20.4 Å². The van der Waals surface area contributed by atoms with Crippen molar-refractivity contribution >= 4 is 23.2 Å². The zero-order valence-corrected chi connectivity index (χ0v) is 9.87. The number of methoxy groups -OCH3 is 1. The van der Waals surface area contributed by atoms with Crippen LogP contribution in [-0.4, -0.2) is 22.1 Å². The van der Waals surface area contributed by atoms with Gasteiger partial charge in [-0.3, -0.25) is 0 Å². The molecule has 0 aliphatic rings. The molecule has 0 unspecified atom stereocenters. The van der Waals surface area contributed by atoms with E-state index in [0.29, 0.717) is 0 Å². The first-order valence-electron chi connectivity index (χ1n) is 4.76. The summed E-state index contributed by atoms with van der Waals surface area (Å²) in [6, 6.07) is 3.65. The van der Waals surface area contributed by atoms with Crippen molar-refractivity contribution in [1.29, 1.82) is 0 Å². The second-order valence-electron chi connectivity index (χ2n) is 3.14. The molecule has 1 aromatic heterocycles. The Morgan fingerprint density at radius 3 is 2.72 bits per heavy atom. The van der Waals surface area contributed by atoms with E-state index in [1.54, 1.807) is 0 Å². The van der Waals surface area contributed by atoms with Crippen molar-refractivity contribution in [2.24, 2.45) is 0 Å². The molecule has 5 nitrogen and oxygen atoms in total. The molecular weight excluding hydrogens is 266 g/mol. The first-order chi connectivity index (χ1) is 8.60. The zero-order chi connectivity index (χ0) is 13.1. The van der Waals surface area contributed by atoms with Crippen LogP contribution in [0.1, 0.15) is 0 Å². The number of nitrogens with one attached hydrogen (secondary N) is 1. The molecule has 2 rings (SSSR count). The molecule has 0 radical (unpaired) electrons. The van der Waals surface area contributed by atoms with Crippen LogP contribution in [0.3, 0.4) is 0 Å². The minimum absolute atomic E-state index is 0.0330. The Kier molecular flexibility index (Phi) is 3.52. The lowest BCUT2D eigenvalue weighted by molar-refractivity contribution is 0.379. The fraction of sp³-hybridized carbons (Fsp3) is 0.100. The topological polar surface area (TPSA) is 59.9 Å². The number of benzene rings is 1. The summed E-state index contributed by atoms with van der Waals surface area (Å²) in [5, 5.41) is 2.36. The van der Waals surface area contributed by atoms with Gasteiger partial charge >= 0.3 is 6.01 Å². The minimum atomic E-state index is -1.03. The van der Waals surface area contributed by atoms with E-state index in [4.69, 9.17) is 16.3 Å². The molecule has 0 saturated heterocycles. The van der Waals surface area contributed by atoms with Crippen LogP contribution in [0.15, 0.2) is 18.2 Å². The molecule has 1 heterocycles. The average molecular weight is 273 g/mol. The van der Waals surface area contributed by atoms with Crippen molar-refractivity contribution in [2.45, 2.75) is 0 Å². The van der Waals surface area contributed by atoms with Gasteiger partial charge in [-0.1, -0.05) is 6.07 Å².